The van der Waals surface area contributed by atoms with Crippen LogP contribution in [0.1, 0.15) is 28.3 Å². The van der Waals surface area contributed by atoms with Gasteiger partial charge in [-0.1, -0.05) is 23.5 Å². The summed E-state index contributed by atoms with van der Waals surface area (Å²) in [6.07, 6.45) is -3.92. The highest BCUT2D eigenvalue weighted by Gasteiger charge is 2.69. The summed E-state index contributed by atoms with van der Waals surface area (Å²) < 4.78 is 51.2. The molecule has 2 saturated carbocycles. The SMILES string of the molecule is COc1ccc([C@H]2c3sc(=O)[nH]c3S[C@H]3[C@@H]4C[C@@H]([C@@H]5C(=O)N(c6cccc(C(F)(F)F)c6)C(=O)[C@@H]45)[C@H]23)cc1OC. The maximum atomic E-state index is 13.8. The number of benzene rings is 2. The number of fused-ring (bicyclic) bond motifs is 9. The number of halogens is 3. The molecule has 2 aromatic carbocycles. The number of anilines is 1. The van der Waals surface area contributed by atoms with E-state index in [1.54, 1.807) is 26.0 Å². The molecule has 208 valence electrons. The highest BCUT2D eigenvalue weighted by atomic mass is 32.2. The van der Waals surface area contributed by atoms with Crippen molar-refractivity contribution in [3.8, 4) is 11.5 Å². The van der Waals surface area contributed by atoms with Gasteiger partial charge in [0, 0.05) is 16.0 Å². The summed E-state index contributed by atoms with van der Waals surface area (Å²) in [5.74, 6) is -1.55. The van der Waals surface area contributed by atoms with Gasteiger partial charge in [0.2, 0.25) is 11.8 Å². The van der Waals surface area contributed by atoms with Crippen molar-refractivity contribution in [3.05, 3.63) is 68.1 Å². The monoisotopic (exact) mass is 588 g/mol. The molecule has 3 aromatic rings. The highest BCUT2D eigenvalue weighted by Crippen LogP contribution is 2.68. The van der Waals surface area contributed by atoms with Gasteiger partial charge in [0.25, 0.3) is 0 Å². The first-order chi connectivity index (χ1) is 19.1. The van der Waals surface area contributed by atoms with E-state index in [0.717, 1.165) is 43.8 Å². The average Bonchev–Trinajstić information content (AvgIpc) is 3.66. The molecule has 7 nitrogen and oxygen atoms in total. The smallest absolute Gasteiger partial charge is 0.416 e. The third kappa shape index (κ3) is 3.54. The van der Waals surface area contributed by atoms with Gasteiger partial charge >= 0.3 is 11.0 Å². The van der Waals surface area contributed by atoms with E-state index in [1.807, 2.05) is 18.2 Å². The Morgan fingerprint density at radius 2 is 1.68 bits per heavy atom. The number of methoxy groups -OCH3 is 2. The van der Waals surface area contributed by atoms with Gasteiger partial charge in [0.1, 0.15) is 0 Å². The number of ether oxygens (including phenoxy) is 2. The van der Waals surface area contributed by atoms with Gasteiger partial charge in [-0.3, -0.25) is 19.3 Å². The molecular formula is C28H23F3N2O5S2. The molecule has 4 aliphatic rings. The number of amides is 2. The fourth-order valence-corrected chi connectivity index (χ4v) is 10.4. The minimum absolute atomic E-state index is 0.0414. The molecule has 7 atom stereocenters. The Hall–Kier alpha value is -3.25. The molecule has 2 bridgehead atoms. The Balaban J connectivity index is 1.30. The van der Waals surface area contributed by atoms with E-state index in [2.05, 4.69) is 4.98 Å². The molecule has 40 heavy (non-hydrogen) atoms. The maximum absolute atomic E-state index is 13.8. The normalized spacial score (nSPS) is 30.3. The first-order valence-electron chi connectivity index (χ1n) is 12.8. The zero-order valence-corrected chi connectivity index (χ0v) is 22.9. The van der Waals surface area contributed by atoms with Crippen molar-refractivity contribution in [1.82, 2.24) is 4.98 Å². The Bertz CT molecular complexity index is 1620. The Labute approximate surface area is 234 Å². The second-order valence-electron chi connectivity index (χ2n) is 10.6. The largest absolute Gasteiger partial charge is 0.493 e. The summed E-state index contributed by atoms with van der Waals surface area (Å²) in [6, 6.07) is 10.0. The number of aromatic nitrogens is 1. The zero-order chi connectivity index (χ0) is 28.1. The van der Waals surface area contributed by atoms with Gasteiger partial charge in [-0.25, -0.2) is 0 Å². The number of thiazole rings is 1. The van der Waals surface area contributed by atoms with E-state index < -0.39 is 35.4 Å². The molecule has 7 rings (SSSR count). The van der Waals surface area contributed by atoms with Crippen LogP contribution in [0.4, 0.5) is 18.9 Å². The van der Waals surface area contributed by atoms with Crippen molar-refractivity contribution in [1.29, 1.82) is 0 Å². The van der Waals surface area contributed by atoms with Gasteiger partial charge in [0.15, 0.2) is 11.5 Å². The van der Waals surface area contributed by atoms with Gasteiger partial charge in [-0.05, 0) is 60.1 Å². The highest BCUT2D eigenvalue weighted by molar-refractivity contribution is 8.00. The molecule has 0 unspecified atom stereocenters. The summed E-state index contributed by atoms with van der Waals surface area (Å²) in [7, 11) is 3.10. The van der Waals surface area contributed by atoms with Gasteiger partial charge in [0.05, 0.1) is 42.3 Å². The van der Waals surface area contributed by atoms with Crippen LogP contribution < -0.4 is 19.2 Å². The minimum Gasteiger partial charge on any atom is -0.493 e. The third-order valence-corrected chi connectivity index (χ3v) is 11.5. The van der Waals surface area contributed by atoms with E-state index in [-0.39, 0.29) is 39.5 Å². The minimum atomic E-state index is -4.59. The Kier molecular flexibility index (Phi) is 5.70. The lowest BCUT2D eigenvalue weighted by atomic mass is 9.68. The summed E-state index contributed by atoms with van der Waals surface area (Å²) in [6.45, 7) is 0. The van der Waals surface area contributed by atoms with E-state index in [4.69, 9.17) is 9.47 Å². The summed E-state index contributed by atoms with van der Waals surface area (Å²) in [5, 5.41) is 0.729. The molecule has 2 amide bonds. The molecule has 0 spiro atoms. The number of carbonyl (C=O) groups excluding carboxylic acids is 2. The van der Waals surface area contributed by atoms with Crippen molar-refractivity contribution in [3.63, 3.8) is 0 Å². The van der Waals surface area contributed by atoms with Crippen LogP contribution in [0, 0.1) is 29.6 Å². The molecule has 0 radical (unpaired) electrons. The summed E-state index contributed by atoms with van der Waals surface area (Å²) in [5.41, 5.74) is -0.0362. The lowest BCUT2D eigenvalue weighted by Crippen LogP contribution is -2.42. The number of thioether (sulfide) groups is 1. The number of carbonyl (C=O) groups is 2. The predicted molar refractivity (Wildman–Crippen MR) is 142 cm³/mol. The van der Waals surface area contributed by atoms with Crippen LogP contribution in [0.3, 0.4) is 0 Å². The van der Waals surface area contributed by atoms with Crippen molar-refractivity contribution in [2.45, 2.75) is 28.8 Å². The van der Waals surface area contributed by atoms with Crippen LogP contribution >= 0.6 is 23.1 Å². The second-order valence-corrected chi connectivity index (χ2v) is 12.8. The summed E-state index contributed by atoms with van der Waals surface area (Å²) >= 11 is 2.70. The number of imide groups is 1. The Morgan fingerprint density at radius 1 is 0.950 bits per heavy atom. The van der Waals surface area contributed by atoms with Crippen LogP contribution in [0.15, 0.2) is 52.3 Å². The van der Waals surface area contributed by atoms with Crippen molar-refractivity contribution in [2.75, 3.05) is 19.1 Å². The number of nitrogens with one attached hydrogen (secondary N) is 1. The van der Waals surface area contributed by atoms with E-state index in [9.17, 15) is 27.6 Å². The number of alkyl halides is 3. The van der Waals surface area contributed by atoms with E-state index >= 15 is 0 Å². The number of rotatable bonds is 4. The van der Waals surface area contributed by atoms with Crippen LogP contribution in [-0.2, 0) is 15.8 Å². The first kappa shape index (κ1) is 25.7. The molecular weight excluding hydrogens is 565 g/mol. The molecule has 1 aromatic heterocycles. The first-order valence-corrected chi connectivity index (χ1v) is 14.5. The topological polar surface area (TPSA) is 88.7 Å². The van der Waals surface area contributed by atoms with Gasteiger partial charge < -0.3 is 14.5 Å². The van der Waals surface area contributed by atoms with Crippen LogP contribution in [0.25, 0.3) is 0 Å². The zero-order valence-electron chi connectivity index (χ0n) is 21.2. The standard InChI is InChI=1S/C28H23F3N2O5S2/c1-37-16-7-6-11(8-17(16)38-2)18-19-14-10-15(22(19)39-24-23(18)40-27(36)32-24)21-20(14)25(34)33(26(21)35)13-5-3-4-12(9-13)28(29,30)31/h3-9,14-15,18-22H,10H2,1-2H3,(H,32,36)/t14-,15-,18-,19-,20+,21+,22+/m1/s1. The van der Waals surface area contributed by atoms with Gasteiger partial charge in [-0.2, -0.15) is 13.2 Å². The lowest BCUT2D eigenvalue weighted by molar-refractivity contribution is -0.137. The molecule has 2 aliphatic heterocycles. The maximum Gasteiger partial charge on any atom is 0.416 e. The molecule has 3 heterocycles. The molecule has 2 aliphatic carbocycles. The number of hydrogen-bond donors (Lipinski definition) is 1. The molecule has 1 saturated heterocycles. The number of nitrogens with zero attached hydrogens (tertiary/aromatic N) is 1. The van der Waals surface area contributed by atoms with E-state index in [1.165, 1.54) is 12.1 Å². The average molecular weight is 589 g/mol. The van der Waals surface area contributed by atoms with Crippen molar-refractivity contribution in [2.24, 2.45) is 29.6 Å². The van der Waals surface area contributed by atoms with Crippen LogP contribution in [0.2, 0.25) is 0 Å². The number of hydrogen-bond acceptors (Lipinski definition) is 7. The second kappa shape index (κ2) is 8.87. The van der Waals surface area contributed by atoms with Crippen molar-refractivity contribution >= 4 is 40.6 Å². The molecule has 12 heteroatoms. The fraction of sp³-hybridized carbons (Fsp3) is 0.393. The quantitative estimate of drug-likeness (QED) is 0.424. The van der Waals surface area contributed by atoms with Crippen LogP contribution in [-0.4, -0.2) is 36.3 Å². The third-order valence-electron chi connectivity index (χ3n) is 8.92. The predicted octanol–water partition coefficient (Wildman–Crippen LogP) is 5.15. The molecule has 3 fully saturated rings. The van der Waals surface area contributed by atoms with E-state index in [0.29, 0.717) is 17.9 Å². The summed E-state index contributed by atoms with van der Waals surface area (Å²) in [4.78, 5) is 44.6. The Morgan fingerprint density at radius 3 is 2.38 bits per heavy atom. The lowest BCUT2D eigenvalue weighted by Gasteiger charge is -2.43. The molecule has 1 N–H and O–H groups in total. The number of aromatic amines is 1. The van der Waals surface area contributed by atoms with Gasteiger partial charge in [-0.15, -0.1) is 11.8 Å². The number of H-pyrrole nitrogens is 1. The fourth-order valence-electron chi connectivity index (χ4n) is 7.51. The van der Waals surface area contributed by atoms with Crippen molar-refractivity contribution < 1.29 is 32.2 Å². The van der Waals surface area contributed by atoms with Crippen LogP contribution in [0.5, 0.6) is 11.5 Å².